The Bertz CT molecular complexity index is 800. The summed E-state index contributed by atoms with van der Waals surface area (Å²) in [6.07, 6.45) is 1.26. The number of carbonyl (C=O) groups excluding carboxylic acids is 2. The number of fused-ring (bicyclic) bond motifs is 2. The molecule has 0 saturated heterocycles. The van der Waals surface area contributed by atoms with Crippen LogP contribution in [0.2, 0.25) is 0 Å². The summed E-state index contributed by atoms with van der Waals surface area (Å²) in [5.74, 6) is -0.326. The van der Waals surface area contributed by atoms with Gasteiger partial charge in [0.1, 0.15) is 11.5 Å². The van der Waals surface area contributed by atoms with Gasteiger partial charge < -0.3 is 9.84 Å². The van der Waals surface area contributed by atoms with E-state index in [1.165, 1.54) is 13.2 Å². The van der Waals surface area contributed by atoms with Crippen molar-refractivity contribution in [3.05, 3.63) is 47.0 Å². The number of ether oxygens (including phenoxy) is 1. The van der Waals surface area contributed by atoms with Crippen molar-refractivity contribution in [2.45, 2.75) is 6.92 Å². The zero-order valence-electron chi connectivity index (χ0n) is 11.1. The molecule has 0 aliphatic heterocycles. The number of methoxy groups -OCH3 is 1. The normalized spacial score (nSPS) is 14.2. The fourth-order valence-electron chi connectivity index (χ4n) is 2.55. The molecular weight excluding hydrogens is 256 g/mol. The molecule has 0 spiro atoms. The fraction of sp³-hybridized carbons (Fsp3) is 0.125. The van der Waals surface area contributed by atoms with Crippen molar-refractivity contribution in [3.8, 4) is 11.5 Å². The second kappa shape index (κ2) is 4.20. The van der Waals surface area contributed by atoms with E-state index >= 15 is 0 Å². The van der Waals surface area contributed by atoms with E-state index in [4.69, 9.17) is 4.74 Å². The van der Waals surface area contributed by atoms with E-state index in [1.54, 1.807) is 31.2 Å². The Labute approximate surface area is 115 Å². The molecule has 2 aromatic rings. The van der Waals surface area contributed by atoms with Gasteiger partial charge in [0.05, 0.1) is 18.1 Å². The highest BCUT2D eigenvalue weighted by Crippen LogP contribution is 2.40. The molecule has 0 fully saturated rings. The highest BCUT2D eigenvalue weighted by Gasteiger charge is 2.28. The molecule has 1 N–H and O–H groups in total. The second-order valence-electron chi connectivity index (χ2n) is 4.73. The standard InChI is InChI=1S/C16H12O4/c1-8-6-11(17)14-10(15(8)18)7-9-4-3-5-12(20-2)13(9)16(14)19/h3-7,19H,1-2H3. The van der Waals surface area contributed by atoms with E-state index in [2.05, 4.69) is 0 Å². The lowest BCUT2D eigenvalue weighted by Gasteiger charge is -2.17. The Morgan fingerprint density at radius 1 is 1.20 bits per heavy atom. The molecule has 0 aromatic heterocycles. The Kier molecular flexibility index (Phi) is 2.61. The van der Waals surface area contributed by atoms with Gasteiger partial charge in [-0.05, 0) is 30.5 Å². The van der Waals surface area contributed by atoms with Gasteiger partial charge in [0.15, 0.2) is 11.6 Å². The van der Waals surface area contributed by atoms with Crippen molar-refractivity contribution in [1.82, 2.24) is 0 Å². The van der Waals surface area contributed by atoms with Gasteiger partial charge in [-0.15, -0.1) is 0 Å². The molecule has 0 radical (unpaired) electrons. The number of hydrogen-bond acceptors (Lipinski definition) is 4. The number of benzene rings is 2. The summed E-state index contributed by atoms with van der Waals surface area (Å²) in [5.41, 5.74) is 0.676. The summed E-state index contributed by atoms with van der Waals surface area (Å²) < 4.78 is 5.21. The molecule has 1 aliphatic carbocycles. The molecule has 4 nitrogen and oxygen atoms in total. The summed E-state index contributed by atoms with van der Waals surface area (Å²) in [6, 6.07) is 6.86. The number of allylic oxidation sites excluding steroid dienone is 2. The van der Waals surface area contributed by atoms with Gasteiger partial charge in [-0.2, -0.15) is 0 Å². The smallest absolute Gasteiger partial charge is 0.190 e. The highest BCUT2D eigenvalue weighted by molar-refractivity contribution is 6.27. The third kappa shape index (κ3) is 1.54. The monoisotopic (exact) mass is 268 g/mol. The molecule has 1 aliphatic rings. The molecule has 0 bridgehead atoms. The van der Waals surface area contributed by atoms with E-state index in [0.29, 0.717) is 22.1 Å². The predicted molar refractivity (Wildman–Crippen MR) is 74.6 cm³/mol. The van der Waals surface area contributed by atoms with Crippen LogP contribution in [0.3, 0.4) is 0 Å². The summed E-state index contributed by atoms with van der Waals surface area (Å²) >= 11 is 0. The molecule has 4 heteroatoms. The van der Waals surface area contributed by atoms with Crippen LogP contribution in [0.15, 0.2) is 35.9 Å². The molecule has 3 rings (SSSR count). The van der Waals surface area contributed by atoms with Crippen LogP contribution < -0.4 is 4.74 Å². The van der Waals surface area contributed by atoms with Gasteiger partial charge in [0.2, 0.25) is 0 Å². The van der Waals surface area contributed by atoms with Crippen LogP contribution in [0.25, 0.3) is 10.8 Å². The Hall–Kier alpha value is -2.62. The Balaban J connectivity index is 2.46. The van der Waals surface area contributed by atoms with Crippen molar-refractivity contribution >= 4 is 22.3 Å². The minimum Gasteiger partial charge on any atom is -0.506 e. The fourth-order valence-corrected chi connectivity index (χ4v) is 2.55. The van der Waals surface area contributed by atoms with Gasteiger partial charge in [-0.3, -0.25) is 9.59 Å². The lowest BCUT2D eigenvalue weighted by Crippen LogP contribution is -2.15. The molecule has 0 atom stereocenters. The van der Waals surface area contributed by atoms with E-state index in [0.717, 1.165) is 0 Å². The van der Waals surface area contributed by atoms with E-state index in [-0.39, 0.29) is 28.4 Å². The van der Waals surface area contributed by atoms with Gasteiger partial charge in [-0.1, -0.05) is 12.1 Å². The van der Waals surface area contributed by atoms with Crippen LogP contribution in [0.5, 0.6) is 11.5 Å². The first-order chi connectivity index (χ1) is 9.54. The van der Waals surface area contributed by atoms with Crippen molar-refractivity contribution in [2.75, 3.05) is 7.11 Å². The van der Waals surface area contributed by atoms with Crippen LogP contribution in [0.1, 0.15) is 27.6 Å². The zero-order valence-corrected chi connectivity index (χ0v) is 11.1. The van der Waals surface area contributed by atoms with Crippen molar-refractivity contribution in [3.63, 3.8) is 0 Å². The maximum Gasteiger partial charge on any atom is 0.190 e. The molecule has 20 heavy (non-hydrogen) atoms. The third-order valence-electron chi connectivity index (χ3n) is 3.52. The summed E-state index contributed by atoms with van der Waals surface area (Å²) in [4.78, 5) is 24.2. The zero-order chi connectivity index (χ0) is 14.4. The van der Waals surface area contributed by atoms with Crippen molar-refractivity contribution in [1.29, 1.82) is 0 Å². The van der Waals surface area contributed by atoms with Crippen molar-refractivity contribution < 1.29 is 19.4 Å². The number of phenols is 1. The largest absolute Gasteiger partial charge is 0.506 e. The molecular formula is C16H12O4. The first-order valence-corrected chi connectivity index (χ1v) is 6.14. The van der Waals surface area contributed by atoms with Gasteiger partial charge in [0, 0.05) is 11.1 Å². The maximum atomic E-state index is 12.1. The van der Waals surface area contributed by atoms with Crippen LogP contribution in [-0.4, -0.2) is 23.8 Å². The lowest BCUT2D eigenvalue weighted by molar-refractivity contribution is 0.0982. The molecule has 0 amide bonds. The highest BCUT2D eigenvalue weighted by atomic mass is 16.5. The maximum absolute atomic E-state index is 12.1. The quantitative estimate of drug-likeness (QED) is 0.863. The topological polar surface area (TPSA) is 63.6 Å². The molecule has 0 unspecified atom stereocenters. The van der Waals surface area contributed by atoms with E-state index in [1.807, 2.05) is 0 Å². The first kappa shape index (κ1) is 12.4. The van der Waals surface area contributed by atoms with E-state index < -0.39 is 0 Å². The number of hydrogen-bond donors (Lipinski definition) is 1. The number of ketones is 2. The summed E-state index contributed by atoms with van der Waals surface area (Å²) in [7, 11) is 1.49. The Morgan fingerprint density at radius 3 is 2.65 bits per heavy atom. The average Bonchev–Trinajstić information content (AvgIpc) is 2.43. The number of Topliss-reactive ketones (excluding diaryl/α,β-unsaturated/α-hetero) is 1. The molecule has 0 heterocycles. The van der Waals surface area contributed by atoms with Crippen LogP contribution in [0, 0.1) is 0 Å². The SMILES string of the molecule is COc1cccc2cc3c(c(O)c12)C(=O)C=C(C)C3=O. The minimum absolute atomic E-state index is 0.0533. The second-order valence-corrected chi connectivity index (χ2v) is 4.73. The first-order valence-electron chi connectivity index (χ1n) is 6.14. The van der Waals surface area contributed by atoms with Crippen LogP contribution >= 0.6 is 0 Å². The Morgan fingerprint density at radius 2 is 1.95 bits per heavy atom. The third-order valence-corrected chi connectivity index (χ3v) is 3.52. The summed E-state index contributed by atoms with van der Waals surface area (Å²) in [5, 5.41) is 11.5. The van der Waals surface area contributed by atoms with Crippen LogP contribution in [0.4, 0.5) is 0 Å². The van der Waals surface area contributed by atoms with Gasteiger partial charge >= 0.3 is 0 Å². The number of aromatic hydroxyl groups is 1. The number of carbonyl (C=O) groups is 2. The molecule has 100 valence electrons. The predicted octanol–water partition coefficient (Wildman–Crippen LogP) is 2.88. The lowest BCUT2D eigenvalue weighted by atomic mass is 9.87. The number of phenolic OH excluding ortho intramolecular Hbond substituents is 1. The van der Waals surface area contributed by atoms with Gasteiger partial charge in [0.25, 0.3) is 0 Å². The van der Waals surface area contributed by atoms with E-state index in [9.17, 15) is 14.7 Å². The number of rotatable bonds is 1. The minimum atomic E-state index is -0.359. The average molecular weight is 268 g/mol. The van der Waals surface area contributed by atoms with Crippen molar-refractivity contribution in [2.24, 2.45) is 0 Å². The molecule has 2 aromatic carbocycles. The van der Waals surface area contributed by atoms with Crippen LogP contribution in [-0.2, 0) is 0 Å². The summed E-state index contributed by atoms with van der Waals surface area (Å²) in [6.45, 7) is 1.59. The molecule has 0 saturated carbocycles. The van der Waals surface area contributed by atoms with Gasteiger partial charge in [-0.25, -0.2) is 0 Å².